The molecule has 0 spiro atoms. The van der Waals surface area contributed by atoms with Crippen molar-refractivity contribution in [3.63, 3.8) is 0 Å². The van der Waals surface area contributed by atoms with Crippen LogP contribution < -0.4 is 0 Å². The normalized spacial score (nSPS) is 10.2. The molecule has 0 atom stereocenters. The van der Waals surface area contributed by atoms with Crippen LogP contribution in [0.25, 0.3) is 0 Å². The molecule has 8 nitrogen and oxygen atoms in total. The fraction of sp³-hybridized carbons (Fsp3) is 0.538. The summed E-state index contributed by atoms with van der Waals surface area (Å²) in [7, 11) is 1.30. The van der Waals surface area contributed by atoms with E-state index in [0.29, 0.717) is 0 Å². The van der Waals surface area contributed by atoms with Crippen LogP contribution in [0.15, 0.2) is 12.2 Å². The van der Waals surface area contributed by atoms with Crippen molar-refractivity contribution in [1.29, 1.82) is 0 Å². The quantitative estimate of drug-likeness (QED) is 0.195. The van der Waals surface area contributed by atoms with E-state index in [-0.39, 0.29) is 32.7 Å². The molecule has 0 aromatic heterocycles. The molecule has 0 unspecified atom stereocenters. The van der Waals surface area contributed by atoms with Crippen LogP contribution in [-0.4, -0.2) is 50.8 Å². The molecule has 118 valence electrons. The lowest BCUT2D eigenvalue weighted by Crippen LogP contribution is -2.17. The Morgan fingerprint density at radius 1 is 0.952 bits per heavy atom. The Morgan fingerprint density at radius 2 is 1.57 bits per heavy atom. The van der Waals surface area contributed by atoms with Crippen LogP contribution in [0.5, 0.6) is 0 Å². The second kappa shape index (κ2) is 11.6. The molecule has 0 aromatic carbocycles. The molecular weight excluding hydrogens is 284 g/mol. The van der Waals surface area contributed by atoms with Crippen molar-refractivity contribution < 1.29 is 38.1 Å². The van der Waals surface area contributed by atoms with E-state index >= 15 is 0 Å². The predicted octanol–water partition coefficient (Wildman–Crippen LogP) is 0.145. The van der Waals surface area contributed by atoms with Gasteiger partial charge < -0.3 is 18.9 Å². The number of carbonyl (C=O) groups is 4. The van der Waals surface area contributed by atoms with E-state index in [4.69, 9.17) is 4.74 Å². The van der Waals surface area contributed by atoms with Crippen molar-refractivity contribution in [2.24, 2.45) is 0 Å². The second-order valence-corrected chi connectivity index (χ2v) is 3.64. The fourth-order valence-corrected chi connectivity index (χ4v) is 1.09. The summed E-state index contributed by atoms with van der Waals surface area (Å²) in [5, 5.41) is 0. The number of methoxy groups -OCH3 is 1. The summed E-state index contributed by atoms with van der Waals surface area (Å²) in [4.78, 5) is 44.1. The molecule has 0 bridgehead atoms. The van der Waals surface area contributed by atoms with Gasteiger partial charge in [-0.05, 0) is 13.3 Å². The minimum atomic E-state index is -0.781. The van der Waals surface area contributed by atoms with Gasteiger partial charge in [0.05, 0.1) is 13.2 Å². The number of esters is 4. The van der Waals surface area contributed by atoms with Crippen molar-refractivity contribution in [1.82, 2.24) is 0 Å². The van der Waals surface area contributed by atoms with Crippen molar-refractivity contribution in [2.75, 3.05) is 26.9 Å². The molecule has 0 aliphatic heterocycles. The highest BCUT2D eigenvalue weighted by atomic mass is 16.6. The van der Waals surface area contributed by atoms with E-state index in [1.807, 2.05) is 0 Å². The van der Waals surface area contributed by atoms with Gasteiger partial charge in [-0.1, -0.05) is 0 Å². The third-order valence-electron chi connectivity index (χ3n) is 1.90. The maximum absolute atomic E-state index is 11.2. The zero-order chi connectivity index (χ0) is 16.1. The molecule has 0 radical (unpaired) electrons. The molecule has 0 heterocycles. The van der Waals surface area contributed by atoms with Gasteiger partial charge in [-0.2, -0.15) is 0 Å². The summed E-state index contributed by atoms with van der Waals surface area (Å²) in [5.74, 6) is -2.88. The van der Waals surface area contributed by atoms with Crippen molar-refractivity contribution in [2.45, 2.75) is 19.8 Å². The highest BCUT2D eigenvalue weighted by molar-refractivity contribution is 5.91. The fourth-order valence-electron chi connectivity index (χ4n) is 1.09. The van der Waals surface area contributed by atoms with E-state index in [0.717, 1.165) is 12.2 Å². The minimum absolute atomic E-state index is 0.0421. The van der Waals surface area contributed by atoms with Gasteiger partial charge in [0.1, 0.15) is 6.61 Å². The molecule has 0 aliphatic rings. The third-order valence-corrected chi connectivity index (χ3v) is 1.90. The van der Waals surface area contributed by atoms with Gasteiger partial charge in [0.15, 0.2) is 0 Å². The lowest BCUT2D eigenvalue weighted by atomic mass is 10.3. The first-order chi connectivity index (χ1) is 9.99. The highest BCUT2D eigenvalue weighted by Gasteiger charge is 2.10. The standard InChI is InChI=1S/C13H18O8/c1-3-19-10(14)6-7-11(15)20-8-4-5-12(16)21-13(17)9-18-2/h6-7H,3-5,8-9H2,1-2H3/b7-6-. The Balaban J connectivity index is 3.75. The maximum atomic E-state index is 11.2. The molecule has 0 amide bonds. The minimum Gasteiger partial charge on any atom is -0.463 e. The van der Waals surface area contributed by atoms with Crippen LogP contribution in [0.4, 0.5) is 0 Å². The third kappa shape index (κ3) is 11.3. The van der Waals surface area contributed by atoms with Crippen molar-refractivity contribution >= 4 is 23.9 Å². The van der Waals surface area contributed by atoms with Crippen LogP contribution in [0.2, 0.25) is 0 Å². The number of rotatable bonds is 9. The molecule has 0 aliphatic carbocycles. The summed E-state index contributed by atoms with van der Waals surface area (Å²) in [6.07, 6.45) is 1.99. The van der Waals surface area contributed by atoms with Gasteiger partial charge in [0.25, 0.3) is 0 Å². The van der Waals surface area contributed by atoms with Crippen LogP contribution in [0, 0.1) is 0 Å². The summed E-state index contributed by atoms with van der Waals surface area (Å²) in [6.45, 7) is 1.50. The Hall–Kier alpha value is -2.22. The first-order valence-corrected chi connectivity index (χ1v) is 6.23. The van der Waals surface area contributed by atoms with E-state index < -0.39 is 23.9 Å². The SMILES string of the molecule is CCOC(=O)/C=C\C(=O)OCCCC(=O)OC(=O)COC. The summed E-state index contributed by atoms with van der Waals surface area (Å²) >= 11 is 0. The van der Waals surface area contributed by atoms with Crippen molar-refractivity contribution in [3.05, 3.63) is 12.2 Å². The zero-order valence-electron chi connectivity index (χ0n) is 12.0. The summed E-state index contributed by atoms with van der Waals surface area (Å²) in [6, 6.07) is 0. The summed E-state index contributed by atoms with van der Waals surface area (Å²) < 4.78 is 18.2. The van der Waals surface area contributed by atoms with Gasteiger partial charge in [-0.15, -0.1) is 0 Å². The Bertz CT molecular complexity index is 399. The number of ether oxygens (including phenoxy) is 4. The topological polar surface area (TPSA) is 105 Å². The lowest BCUT2D eigenvalue weighted by molar-refractivity contribution is -0.162. The smallest absolute Gasteiger partial charge is 0.339 e. The van der Waals surface area contributed by atoms with E-state index in [9.17, 15) is 19.2 Å². The van der Waals surface area contributed by atoms with E-state index in [1.165, 1.54) is 7.11 Å². The van der Waals surface area contributed by atoms with Crippen LogP contribution in [0.1, 0.15) is 19.8 Å². The molecule has 0 fully saturated rings. The molecule has 0 rings (SSSR count). The van der Waals surface area contributed by atoms with E-state index in [1.54, 1.807) is 6.92 Å². The predicted molar refractivity (Wildman–Crippen MR) is 68.9 cm³/mol. The number of carbonyl (C=O) groups excluding carboxylic acids is 4. The largest absolute Gasteiger partial charge is 0.463 e. The second-order valence-electron chi connectivity index (χ2n) is 3.64. The lowest BCUT2D eigenvalue weighted by Gasteiger charge is -2.03. The number of hydrogen-bond donors (Lipinski definition) is 0. The van der Waals surface area contributed by atoms with Gasteiger partial charge in [-0.25, -0.2) is 14.4 Å². The average molecular weight is 302 g/mol. The molecule has 8 heteroatoms. The Morgan fingerprint density at radius 3 is 2.14 bits per heavy atom. The molecule has 0 saturated heterocycles. The van der Waals surface area contributed by atoms with Gasteiger partial charge in [0.2, 0.25) is 0 Å². The van der Waals surface area contributed by atoms with Gasteiger partial charge >= 0.3 is 23.9 Å². The maximum Gasteiger partial charge on any atom is 0.339 e. The van der Waals surface area contributed by atoms with Crippen LogP contribution in [0.3, 0.4) is 0 Å². The summed E-state index contributed by atoms with van der Waals surface area (Å²) in [5.41, 5.74) is 0. The molecule has 0 saturated carbocycles. The van der Waals surface area contributed by atoms with E-state index in [2.05, 4.69) is 14.2 Å². The number of hydrogen-bond acceptors (Lipinski definition) is 8. The zero-order valence-corrected chi connectivity index (χ0v) is 12.0. The van der Waals surface area contributed by atoms with Gasteiger partial charge in [0, 0.05) is 25.7 Å². The van der Waals surface area contributed by atoms with Crippen LogP contribution >= 0.6 is 0 Å². The Kier molecular flexibility index (Phi) is 10.4. The molecule has 0 N–H and O–H groups in total. The van der Waals surface area contributed by atoms with Crippen LogP contribution in [-0.2, 0) is 38.1 Å². The average Bonchev–Trinajstić information content (AvgIpc) is 2.42. The molecule has 0 aromatic rings. The monoisotopic (exact) mass is 302 g/mol. The first kappa shape index (κ1) is 18.8. The molecular formula is C13H18O8. The highest BCUT2D eigenvalue weighted by Crippen LogP contribution is 1.96. The molecule has 21 heavy (non-hydrogen) atoms. The first-order valence-electron chi connectivity index (χ1n) is 6.23. The Labute approximate surface area is 122 Å². The van der Waals surface area contributed by atoms with Crippen molar-refractivity contribution in [3.8, 4) is 0 Å². The van der Waals surface area contributed by atoms with Gasteiger partial charge in [-0.3, -0.25) is 4.79 Å².